The van der Waals surface area contributed by atoms with Gasteiger partial charge in [-0.1, -0.05) is 0 Å². The van der Waals surface area contributed by atoms with Gasteiger partial charge in [-0.3, -0.25) is 0 Å². The Morgan fingerprint density at radius 3 is 2.23 bits per heavy atom. The number of nitrogens with one attached hydrogen (secondary N) is 2. The molecule has 78 valence electrons. The third-order valence-electron chi connectivity index (χ3n) is 1.60. The van der Waals surface area contributed by atoms with E-state index in [-0.39, 0.29) is 6.04 Å². The molecular weight excluding hydrogens is 196 g/mol. The molecular formula is C6H14N2O4S. The number of rotatable bonds is 3. The van der Waals surface area contributed by atoms with E-state index in [1.165, 1.54) is 7.05 Å². The normalized spacial score (nSPS) is 21.3. The molecule has 0 aromatic rings. The molecule has 0 aromatic heterocycles. The fourth-order valence-corrected chi connectivity index (χ4v) is 1.66. The van der Waals surface area contributed by atoms with E-state index >= 15 is 0 Å². The van der Waals surface area contributed by atoms with Gasteiger partial charge in [0.2, 0.25) is 0 Å². The summed E-state index contributed by atoms with van der Waals surface area (Å²) in [5, 5.41) is 0. The third kappa shape index (κ3) is 4.01. The predicted octanol–water partition coefficient (Wildman–Crippen LogP) is -1.54. The second-order valence-electron chi connectivity index (χ2n) is 2.67. The van der Waals surface area contributed by atoms with Crippen molar-refractivity contribution in [1.82, 2.24) is 9.44 Å². The summed E-state index contributed by atoms with van der Waals surface area (Å²) >= 11 is 0. The first-order valence-corrected chi connectivity index (χ1v) is 5.48. The zero-order valence-electron chi connectivity index (χ0n) is 7.45. The first kappa shape index (κ1) is 10.9. The molecule has 2 N–H and O–H groups in total. The summed E-state index contributed by atoms with van der Waals surface area (Å²) in [5.41, 5.74) is 0. The summed E-state index contributed by atoms with van der Waals surface area (Å²) in [7, 11) is -2.05. The highest BCUT2D eigenvalue weighted by atomic mass is 32.2. The molecule has 0 spiro atoms. The number of hydrogen-bond donors (Lipinski definition) is 2. The molecule has 7 heteroatoms. The van der Waals surface area contributed by atoms with E-state index in [4.69, 9.17) is 9.47 Å². The summed E-state index contributed by atoms with van der Waals surface area (Å²) in [6.45, 7) is 1.72. The summed E-state index contributed by atoms with van der Waals surface area (Å²) in [4.78, 5) is 0. The van der Waals surface area contributed by atoms with Crippen molar-refractivity contribution in [3.8, 4) is 0 Å². The molecule has 1 saturated heterocycles. The fourth-order valence-electron chi connectivity index (χ4n) is 0.964. The minimum Gasteiger partial charge on any atom is -0.377 e. The molecule has 1 aliphatic heterocycles. The van der Waals surface area contributed by atoms with Gasteiger partial charge < -0.3 is 9.47 Å². The van der Waals surface area contributed by atoms with Crippen molar-refractivity contribution in [2.45, 2.75) is 6.04 Å². The second kappa shape index (κ2) is 4.87. The Hall–Kier alpha value is -0.210. The highest BCUT2D eigenvalue weighted by Crippen LogP contribution is 1.95. The van der Waals surface area contributed by atoms with Gasteiger partial charge >= 0.3 is 0 Å². The number of hydrogen-bond acceptors (Lipinski definition) is 4. The topological polar surface area (TPSA) is 76.7 Å². The minimum atomic E-state index is -3.40. The summed E-state index contributed by atoms with van der Waals surface area (Å²) < 4.78 is 36.9. The molecule has 0 bridgehead atoms. The van der Waals surface area contributed by atoms with E-state index in [1.54, 1.807) is 0 Å². The molecule has 1 aliphatic rings. The molecule has 6 nitrogen and oxygen atoms in total. The Bertz CT molecular complexity index is 233. The maximum Gasteiger partial charge on any atom is 0.277 e. The first-order valence-electron chi connectivity index (χ1n) is 4.00. The molecule has 0 unspecified atom stereocenters. The maximum absolute atomic E-state index is 11.0. The van der Waals surface area contributed by atoms with Gasteiger partial charge in [-0.15, -0.1) is 0 Å². The van der Waals surface area contributed by atoms with Crippen LogP contribution in [-0.2, 0) is 19.7 Å². The van der Waals surface area contributed by atoms with Crippen molar-refractivity contribution in [2.75, 3.05) is 33.5 Å². The quantitative estimate of drug-likeness (QED) is 0.591. The Balaban J connectivity index is 2.42. The first-order chi connectivity index (χ1) is 6.14. The van der Waals surface area contributed by atoms with Crippen LogP contribution in [0.3, 0.4) is 0 Å². The van der Waals surface area contributed by atoms with Crippen molar-refractivity contribution in [1.29, 1.82) is 0 Å². The van der Waals surface area contributed by atoms with Crippen LogP contribution >= 0.6 is 0 Å². The second-order valence-corrected chi connectivity index (χ2v) is 4.32. The van der Waals surface area contributed by atoms with Crippen molar-refractivity contribution in [3.05, 3.63) is 0 Å². The van der Waals surface area contributed by atoms with Gasteiger partial charge in [-0.05, 0) is 0 Å². The smallest absolute Gasteiger partial charge is 0.277 e. The Morgan fingerprint density at radius 2 is 1.77 bits per heavy atom. The fraction of sp³-hybridized carbons (Fsp3) is 1.00. The van der Waals surface area contributed by atoms with Crippen molar-refractivity contribution in [3.63, 3.8) is 0 Å². The zero-order chi connectivity index (χ0) is 9.73. The molecule has 0 amide bonds. The monoisotopic (exact) mass is 210 g/mol. The van der Waals surface area contributed by atoms with Crippen LogP contribution in [0.1, 0.15) is 0 Å². The highest BCUT2D eigenvalue weighted by molar-refractivity contribution is 7.87. The van der Waals surface area contributed by atoms with E-state index in [0.29, 0.717) is 26.4 Å². The summed E-state index contributed by atoms with van der Waals surface area (Å²) in [6, 6.07) is -0.306. The van der Waals surface area contributed by atoms with Crippen molar-refractivity contribution in [2.24, 2.45) is 0 Å². The van der Waals surface area contributed by atoms with Crippen molar-refractivity contribution >= 4 is 10.2 Å². The van der Waals surface area contributed by atoms with Gasteiger partial charge in [0.05, 0.1) is 32.5 Å². The van der Waals surface area contributed by atoms with E-state index in [0.717, 1.165) is 0 Å². The van der Waals surface area contributed by atoms with E-state index in [9.17, 15) is 8.42 Å². The van der Waals surface area contributed by atoms with Crippen LogP contribution in [0.4, 0.5) is 0 Å². The lowest BCUT2D eigenvalue weighted by molar-refractivity contribution is 0.103. The van der Waals surface area contributed by atoms with E-state index < -0.39 is 10.2 Å². The Labute approximate surface area is 77.8 Å². The summed E-state index contributed by atoms with van der Waals surface area (Å²) in [5.74, 6) is 0. The van der Waals surface area contributed by atoms with Crippen LogP contribution in [-0.4, -0.2) is 47.9 Å². The molecule has 0 aromatic carbocycles. The van der Waals surface area contributed by atoms with E-state index in [2.05, 4.69) is 9.44 Å². The maximum atomic E-state index is 11.0. The molecule has 0 atom stereocenters. The Kier molecular flexibility index (Phi) is 4.07. The molecule has 13 heavy (non-hydrogen) atoms. The third-order valence-corrected chi connectivity index (χ3v) is 2.78. The molecule has 1 rings (SSSR count). The van der Waals surface area contributed by atoms with Crippen LogP contribution in [0.2, 0.25) is 0 Å². The lowest BCUT2D eigenvalue weighted by atomic mass is 10.4. The zero-order valence-corrected chi connectivity index (χ0v) is 8.26. The van der Waals surface area contributed by atoms with Crippen LogP contribution in [0.15, 0.2) is 0 Å². The standard InChI is InChI=1S/C6H14N2O4S/c1-7-13(9,10)8-6-4-11-2-3-12-5-6/h6-8H,2-5H2,1H3. The van der Waals surface area contributed by atoms with Crippen molar-refractivity contribution < 1.29 is 17.9 Å². The lowest BCUT2D eigenvalue weighted by Crippen LogP contribution is -2.45. The lowest BCUT2D eigenvalue weighted by Gasteiger charge is -2.14. The molecule has 0 saturated carbocycles. The average molecular weight is 210 g/mol. The van der Waals surface area contributed by atoms with Gasteiger partial charge in [0.1, 0.15) is 0 Å². The molecule has 1 fully saturated rings. The average Bonchev–Trinajstić information content (AvgIpc) is 2.32. The Morgan fingerprint density at radius 1 is 1.23 bits per heavy atom. The molecule has 1 heterocycles. The SMILES string of the molecule is CNS(=O)(=O)NC1COCCOC1. The number of ether oxygens (including phenoxy) is 2. The summed E-state index contributed by atoms with van der Waals surface area (Å²) in [6.07, 6.45) is 0. The van der Waals surface area contributed by atoms with Gasteiger partial charge in [0, 0.05) is 7.05 Å². The predicted molar refractivity (Wildman–Crippen MR) is 46.5 cm³/mol. The van der Waals surface area contributed by atoms with Crippen LogP contribution in [0.25, 0.3) is 0 Å². The van der Waals surface area contributed by atoms with E-state index in [1.807, 2.05) is 0 Å². The van der Waals surface area contributed by atoms with Crippen LogP contribution in [0, 0.1) is 0 Å². The largest absolute Gasteiger partial charge is 0.377 e. The van der Waals surface area contributed by atoms with Crippen LogP contribution < -0.4 is 9.44 Å². The van der Waals surface area contributed by atoms with Gasteiger partial charge in [0.15, 0.2) is 0 Å². The minimum absolute atomic E-state index is 0.306. The van der Waals surface area contributed by atoms with Crippen LogP contribution in [0.5, 0.6) is 0 Å². The molecule has 0 aliphatic carbocycles. The van der Waals surface area contributed by atoms with Gasteiger partial charge in [-0.25, -0.2) is 4.72 Å². The highest BCUT2D eigenvalue weighted by Gasteiger charge is 2.18. The molecule has 0 radical (unpaired) electrons. The van der Waals surface area contributed by atoms with Gasteiger partial charge in [0.25, 0.3) is 10.2 Å². The van der Waals surface area contributed by atoms with Gasteiger partial charge in [-0.2, -0.15) is 13.1 Å².